The number of halogens is 1. The summed E-state index contributed by atoms with van der Waals surface area (Å²) in [6, 6.07) is 10.7. The van der Waals surface area contributed by atoms with Crippen LogP contribution in [0.3, 0.4) is 0 Å². The molecule has 2 aromatic rings. The molecule has 0 spiro atoms. The quantitative estimate of drug-likeness (QED) is 0.276. The second-order valence-electron chi connectivity index (χ2n) is 5.81. The Morgan fingerprint density at radius 1 is 1.25 bits per heavy atom. The second kappa shape index (κ2) is 12.1. The molecule has 1 atom stereocenters. The topological polar surface area (TPSA) is 111 Å². The zero-order valence-corrected chi connectivity index (χ0v) is 18.6. The number of primary amides is 1. The van der Waals surface area contributed by atoms with Gasteiger partial charge in [0.05, 0.1) is 13.7 Å². The Balaban J connectivity index is 0.00000392. The molecule has 1 aromatic heterocycles. The summed E-state index contributed by atoms with van der Waals surface area (Å²) in [5.41, 5.74) is 5.18. The van der Waals surface area contributed by atoms with E-state index in [1.165, 1.54) is 6.07 Å². The fourth-order valence-corrected chi connectivity index (χ4v) is 2.28. The van der Waals surface area contributed by atoms with Gasteiger partial charge in [-0.25, -0.2) is 4.99 Å². The SMILES string of the molecule is CCNC(=NCc1ccc(C(N)=O)o1)NCC(C)Oc1cccc(OC)c1.I. The number of hydrogen-bond acceptors (Lipinski definition) is 5. The van der Waals surface area contributed by atoms with Gasteiger partial charge in [0.25, 0.3) is 5.91 Å². The van der Waals surface area contributed by atoms with Gasteiger partial charge in [-0.1, -0.05) is 6.07 Å². The van der Waals surface area contributed by atoms with Crippen LogP contribution >= 0.6 is 24.0 Å². The molecule has 1 amide bonds. The number of nitrogens with two attached hydrogens (primary N) is 1. The van der Waals surface area contributed by atoms with Gasteiger partial charge in [-0.2, -0.15) is 0 Å². The van der Waals surface area contributed by atoms with Crippen molar-refractivity contribution in [2.45, 2.75) is 26.5 Å². The number of aliphatic imine (C=N–C) groups is 1. The first-order valence-corrected chi connectivity index (χ1v) is 8.73. The van der Waals surface area contributed by atoms with Gasteiger partial charge in [0, 0.05) is 12.6 Å². The van der Waals surface area contributed by atoms with Crippen molar-refractivity contribution in [1.82, 2.24) is 10.6 Å². The van der Waals surface area contributed by atoms with Crippen molar-refractivity contribution in [3.05, 3.63) is 47.9 Å². The fraction of sp³-hybridized carbons (Fsp3) is 0.368. The molecule has 154 valence electrons. The Kier molecular flexibility index (Phi) is 10.2. The van der Waals surface area contributed by atoms with E-state index in [1.807, 2.05) is 38.1 Å². The highest BCUT2D eigenvalue weighted by Gasteiger charge is 2.09. The summed E-state index contributed by atoms with van der Waals surface area (Å²) in [6.07, 6.45) is -0.0916. The van der Waals surface area contributed by atoms with Crippen molar-refractivity contribution in [2.24, 2.45) is 10.7 Å². The molecule has 0 saturated carbocycles. The predicted molar refractivity (Wildman–Crippen MR) is 119 cm³/mol. The van der Waals surface area contributed by atoms with Gasteiger partial charge in [-0.05, 0) is 38.1 Å². The first-order valence-electron chi connectivity index (χ1n) is 8.73. The summed E-state index contributed by atoms with van der Waals surface area (Å²) in [6.45, 7) is 5.48. The van der Waals surface area contributed by atoms with Gasteiger partial charge in [0.1, 0.15) is 29.9 Å². The number of carbonyl (C=O) groups is 1. The third kappa shape index (κ3) is 7.67. The van der Waals surface area contributed by atoms with Crippen molar-refractivity contribution in [1.29, 1.82) is 0 Å². The monoisotopic (exact) mass is 502 g/mol. The van der Waals surface area contributed by atoms with Crippen LogP contribution in [0.1, 0.15) is 30.2 Å². The van der Waals surface area contributed by atoms with Gasteiger partial charge in [0.2, 0.25) is 0 Å². The van der Waals surface area contributed by atoms with Crippen LogP contribution in [0.5, 0.6) is 11.5 Å². The molecular formula is C19H27IN4O4. The van der Waals surface area contributed by atoms with E-state index >= 15 is 0 Å². The molecule has 0 saturated heterocycles. The average Bonchev–Trinajstić information content (AvgIpc) is 3.13. The summed E-state index contributed by atoms with van der Waals surface area (Å²) in [5, 5.41) is 6.37. The molecule has 0 aliphatic carbocycles. The third-order valence-electron chi connectivity index (χ3n) is 3.58. The summed E-state index contributed by atoms with van der Waals surface area (Å²) >= 11 is 0. The number of guanidine groups is 1. The number of hydrogen-bond donors (Lipinski definition) is 3. The lowest BCUT2D eigenvalue weighted by Crippen LogP contribution is -2.41. The number of benzene rings is 1. The van der Waals surface area contributed by atoms with Crippen LogP contribution in [-0.4, -0.2) is 38.2 Å². The number of carbonyl (C=O) groups excluding carboxylic acids is 1. The Hall–Kier alpha value is -2.43. The first-order chi connectivity index (χ1) is 13.0. The molecule has 0 bridgehead atoms. The molecular weight excluding hydrogens is 475 g/mol. The van der Waals surface area contributed by atoms with Crippen molar-refractivity contribution < 1.29 is 18.7 Å². The lowest BCUT2D eigenvalue weighted by molar-refractivity contribution is 0.0972. The highest BCUT2D eigenvalue weighted by Crippen LogP contribution is 2.19. The smallest absolute Gasteiger partial charge is 0.284 e. The number of nitrogens with one attached hydrogen (secondary N) is 2. The normalized spacial score (nSPS) is 11.9. The number of methoxy groups -OCH3 is 1. The molecule has 1 unspecified atom stereocenters. The molecule has 9 heteroatoms. The molecule has 1 heterocycles. The zero-order valence-electron chi connectivity index (χ0n) is 16.2. The van der Waals surface area contributed by atoms with Crippen LogP contribution in [0.4, 0.5) is 0 Å². The Morgan fingerprint density at radius 2 is 2.00 bits per heavy atom. The standard InChI is InChI=1S/C19H26N4O4.HI/c1-4-21-19(23-12-16-8-9-17(27-16)18(20)24)22-11-13(2)26-15-7-5-6-14(10-15)25-3;/h5-10,13H,4,11-12H2,1-3H3,(H2,20,24)(H2,21,22,23);1H. The van der Waals surface area contributed by atoms with Gasteiger partial charge in [-0.3, -0.25) is 4.79 Å². The number of furan rings is 1. The number of nitrogens with zero attached hydrogens (tertiary/aromatic N) is 1. The minimum atomic E-state index is -0.598. The van der Waals surface area contributed by atoms with Crippen LogP contribution in [0.2, 0.25) is 0 Å². The van der Waals surface area contributed by atoms with E-state index in [1.54, 1.807) is 13.2 Å². The van der Waals surface area contributed by atoms with E-state index < -0.39 is 5.91 Å². The Bertz CT molecular complexity index is 779. The fourth-order valence-electron chi connectivity index (χ4n) is 2.28. The molecule has 1 aromatic carbocycles. The minimum absolute atomic E-state index is 0. The summed E-state index contributed by atoms with van der Waals surface area (Å²) in [4.78, 5) is 15.5. The highest BCUT2D eigenvalue weighted by atomic mass is 127. The van der Waals surface area contributed by atoms with Crippen LogP contribution in [0.25, 0.3) is 0 Å². The largest absolute Gasteiger partial charge is 0.497 e. The van der Waals surface area contributed by atoms with Gasteiger partial charge in [0.15, 0.2) is 11.7 Å². The van der Waals surface area contributed by atoms with E-state index in [9.17, 15) is 4.79 Å². The lowest BCUT2D eigenvalue weighted by atomic mass is 10.3. The maximum Gasteiger partial charge on any atom is 0.284 e. The number of amides is 1. The van der Waals surface area contributed by atoms with Crippen molar-refractivity contribution >= 4 is 35.8 Å². The molecule has 0 aliphatic rings. The van der Waals surface area contributed by atoms with Gasteiger partial charge in [-0.15, -0.1) is 24.0 Å². The molecule has 2 rings (SSSR count). The summed E-state index contributed by atoms with van der Waals surface area (Å²) in [5.74, 6) is 2.19. The minimum Gasteiger partial charge on any atom is -0.497 e. The van der Waals surface area contributed by atoms with Crippen LogP contribution in [0, 0.1) is 0 Å². The molecule has 0 fully saturated rings. The van der Waals surface area contributed by atoms with Crippen molar-refractivity contribution in [3.63, 3.8) is 0 Å². The van der Waals surface area contributed by atoms with E-state index in [-0.39, 0.29) is 42.4 Å². The highest BCUT2D eigenvalue weighted by molar-refractivity contribution is 14.0. The third-order valence-corrected chi connectivity index (χ3v) is 3.58. The van der Waals surface area contributed by atoms with E-state index in [0.29, 0.717) is 24.8 Å². The lowest BCUT2D eigenvalue weighted by Gasteiger charge is -2.18. The molecule has 0 aliphatic heterocycles. The molecule has 28 heavy (non-hydrogen) atoms. The van der Waals surface area contributed by atoms with Crippen LogP contribution in [-0.2, 0) is 6.54 Å². The first kappa shape index (κ1) is 23.6. The van der Waals surface area contributed by atoms with Crippen LogP contribution in [0.15, 0.2) is 45.8 Å². The van der Waals surface area contributed by atoms with E-state index in [4.69, 9.17) is 19.6 Å². The van der Waals surface area contributed by atoms with Gasteiger partial charge >= 0.3 is 0 Å². The summed E-state index contributed by atoms with van der Waals surface area (Å²) in [7, 11) is 1.62. The van der Waals surface area contributed by atoms with Crippen LogP contribution < -0.4 is 25.8 Å². The Morgan fingerprint density at radius 3 is 2.64 bits per heavy atom. The summed E-state index contributed by atoms with van der Waals surface area (Å²) < 4.78 is 16.4. The van der Waals surface area contributed by atoms with Crippen molar-refractivity contribution in [3.8, 4) is 11.5 Å². The van der Waals surface area contributed by atoms with Crippen molar-refractivity contribution in [2.75, 3.05) is 20.2 Å². The number of ether oxygens (including phenoxy) is 2. The van der Waals surface area contributed by atoms with E-state index in [0.717, 1.165) is 11.5 Å². The van der Waals surface area contributed by atoms with E-state index in [2.05, 4.69) is 15.6 Å². The zero-order chi connectivity index (χ0) is 19.6. The molecule has 8 nitrogen and oxygen atoms in total. The second-order valence-corrected chi connectivity index (χ2v) is 5.81. The molecule has 0 radical (unpaired) electrons. The van der Waals surface area contributed by atoms with Gasteiger partial charge < -0.3 is 30.3 Å². The maximum absolute atomic E-state index is 11.1. The number of rotatable bonds is 9. The average molecular weight is 502 g/mol. The maximum atomic E-state index is 11.1. The predicted octanol–water partition coefficient (Wildman–Crippen LogP) is 2.53. The molecule has 4 N–H and O–H groups in total. The Labute approximate surface area is 181 Å².